The fourth-order valence-electron chi connectivity index (χ4n) is 4.47. The van der Waals surface area contributed by atoms with Gasteiger partial charge in [-0.3, -0.25) is 9.78 Å². The number of aromatic nitrogens is 1. The van der Waals surface area contributed by atoms with Crippen LogP contribution in [0.15, 0.2) is 58.4 Å². The van der Waals surface area contributed by atoms with Crippen molar-refractivity contribution in [3.8, 4) is 22.5 Å². The summed E-state index contributed by atoms with van der Waals surface area (Å²) < 4.78 is 6.16. The maximum atomic E-state index is 13.2. The van der Waals surface area contributed by atoms with Gasteiger partial charge in [-0.2, -0.15) is 4.91 Å². The molecule has 1 aliphatic heterocycles. The summed E-state index contributed by atoms with van der Waals surface area (Å²) in [4.78, 5) is 32.4. The first-order valence-corrected chi connectivity index (χ1v) is 10.6. The molecule has 3 aromatic rings. The highest BCUT2D eigenvalue weighted by molar-refractivity contribution is 5.95. The monoisotopic (exact) mass is 416 g/mol. The van der Waals surface area contributed by atoms with E-state index in [1.807, 2.05) is 35.2 Å². The molecule has 0 spiro atoms. The SMILES string of the molecule is CN1CCN(C(=O)c2cc(-c3ccc4c(c3)CCC4N=O)c(-c3ccncc3)o2)CC1. The van der Waals surface area contributed by atoms with E-state index in [0.29, 0.717) is 24.6 Å². The first-order chi connectivity index (χ1) is 15.1. The van der Waals surface area contributed by atoms with E-state index in [9.17, 15) is 9.70 Å². The molecular formula is C24H24N4O3. The number of likely N-dealkylation sites (N-methyl/N-ethyl adjacent to an activating group) is 1. The van der Waals surface area contributed by atoms with E-state index < -0.39 is 0 Å². The van der Waals surface area contributed by atoms with Gasteiger partial charge in [0.05, 0.1) is 0 Å². The highest BCUT2D eigenvalue weighted by atomic mass is 16.4. The molecule has 0 radical (unpaired) electrons. The van der Waals surface area contributed by atoms with Crippen molar-refractivity contribution >= 4 is 5.91 Å². The Morgan fingerprint density at radius 3 is 2.58 bits per heavy atom. The third-order valence-electron chi connectivity index (χ3n) is 6.30. The van der Waals surface area contributed by atoms with Crippen molar-refractivity contribution in [2.45, 2.75) is 18.9 Å². The largest absolute Gasteiger partial charge is 0.450 e. The second-order valence-electron chi connectivity index (χ2n) is 8.26. The molecule has 0 bridgehead atoms. The lowest BCUT2D eigenvalue weighted by molar-refractivity contribution is 0.0633. The van der Waals surface area contributed by atoms with Gasteiger partial charge in [-0.1, -0.05) is 23.4 Å². The molecule has 7 nitrogen and oxygen atoms in total. The Kier molecular flexibility index (Phi) is 5.11. The van der Waals surface area contributed by atoms with Crippen LogP contribution in [0.3, 0.4) is 0 Å². The summed E-state index contributed by atoms with van der Waals surface area (Å²) in [5.41, 5.74) is 4.85. The molecule has 2 aliphatic rings. The number of nitroso groups, excluding NO2 is 1. The molecule has 158 valence electrons. The number of aryl methyl sites for hydroxylation is 1. The number of hydrogen-bond acceptors (Lipinski definition) is 6. The van der Waals surface area contributed by atoms with Crippen molar-refractivity contribution in [2.75, 3.05) is 33.2 Å². The third-order valence-corrected chi connectivity index (χ3v) is 6.30. The third kappa shape index (κ3) is 3.65. The normalized spacial score (nSPS) is 18.7. The van der Waals surface area contributed by atoms with Crippen LogP contribution in [0.2, 0.25) is 0 Å². The van der Waals surface area contributed by atoms with E-state index in [0.717, 1.165) is 53.7 Å². The number of carbonyl (C=O) groups is 1. The Balaban J connectivity index is 1.55. The van der Waals surface area contributed by atoms with Crippen molar-refractivity contribution in [3.05, 3.63) is 70.6 Å². The predicted molar refractivity (Wildman–Crippen MR) is 118 cm³/mol. The number of rotatable bonds is 4. The Morgan fingerprint density at radius 1 is 1.06 bits per heavy atom. The minimum atomic E-state index is -0.262. The second kappa shape index (κ2) is 8.07. The molecule has 3 heterocycles. The summed E-state index contributed by atoms with van der Waals surface area (Å²) in [6.07, 6.45) is 5.01. The molecule has 1 atom stereocenters. The second-order valence-corrected chi connectivity index (χ2v) is 8.26. The van der Waals surface area contributed by atoms with Crippen molar-refractivity contribution < 1.29 is 9.21 Å². The molecule has 1 saturated heterocycles. The molecule has 2 aromatic heterocycles. The maximum Gasteiger partial charge on any atom is 0.289 e. The van der Waals surface area contributed by atoms with Crippen molar-refractivity contribution in [3.63, 3.8) is 0 Å². The first kappa shape index (κ1) is 19.6. The van der Waals surface area contributed by atoms with Crippen LogP contribution < -0.4 is 0 Å². The highest BCUT2D eigenvalue weighted by Gasteiger charge is 2.27. The zero-order valence-electron chi connectivity index (χ0n) is 17.5. The summed E-state index contributed by atoms with van der Waals surface area (Å²) in [6, 6.07) is 11.4. The van der Waals surface area contributed by atoms with Gasteiger partial charge in [-0.25, -0.2) is 0 Å². The molecule has 7 heteroatoms. The van der Waals surface area contributed by atoms with Crippen LogP contribution in [0.5, 0.6) is 0 Å². The van der Waals surface area contributed by atoms with Crippen molar-refractivity contribution in [1.29, 1.82) is 0 Å². The number of fused-ring (bicyclic) bond motifs is 1. The number of hydrogen-bond donors (Lipinski definition) is 0. The van der Waals surface area contributed by atoms with Crippen LogP contribution in [0.4, 0.5) is 0 Å². The molecule has 1 aromatic carbocycles. The summed E-state index contributed by atoms with van der Waals surface area (Å²) in [6.45, 7) is 3.09. The highest BCUT2D eigenvalue weighted by Crippen LogP contribution is 2.40. The van der Waals surface area contributed by atoms with Gasteiger partial charge in [0, 0.05) is 49.7 Å². The Bertz CT molecular complexity index is 1120. The molecule has 1 amide bonds. The van der Waals surface area contributed by atoms with Gasteiger partial charge in [0.2, 0.25) is 0 Å². The van der Waals surface area contributed by atoms with Crippen LogP contribution in [0, 0.1) is 4.91 Å². The quantitative estimate of drug-likeness (QED) is 0.597. The van der Waals surface area contributed by atoms with Gasteiger partial charge in [-0.05, 0) is 54.8 Å². The molecule has 1 fully saturated rings. The molecule has 1 aliphatic carbocycles. The van der Waals surface area contributed by atoms with E-state index in [1.54, 1.807) is 12.4 Å². The number of pyridine rings is 1. The Hall–Kier alpha value is -3.32. The lowest BCUT2D eigenvalue weighted by Gasteiger charge is -2.31. The van der Waals surface area contributed by atoms with Crippen LogP contribution in [0.25, 0.3) is 22.5 Å². The fourth-order valence-corrected chi connectivity index (χ4v) is 4.47. The van der Waals surface area contributed by atoms with Crippen molar-refractivity contribution in [2.24, 2.45) is 5.18 Å². The molecule has 31 heavy (non-hydrogen) atoms. The number of furan rings is 1. The topological polar surface area (TPSA) is 79.0 Å². The Morgan fingerprint density at radius 2 is 1.84 bits per heavy atom. The zero-order chi connectivity index (χ0) is 21.4. The van der Waals surface area contributed by atoms with Crippen LogP contribution in [-0.2, 0) is 6.42 Å². The molecule has 5 rings (SSSR count). The minimum Gasteiger partial charge on any atom is -0.450 e. The van der Waals surface area contributed by atoms with Gasteiger partial charge in [0.25, 0.3) is 5.91 Å². The number of amides is 1. The summed E-state index contributed by atoms with van der Waals surface area (Å²) in [7, 11) is 2.06. The maximum absolute atomic E-state index is 13.2. The lowest BCUT2D eigenvalue weighted by atomic mass is 9.98. The van der Waals surface area contributed by atoms with Gasteiger partial charge in [-0.15, -0.1) is 0 Å². The van der Waals surface area contributed by atoms with Crippen LogP contribution in [0.1, 0.15) is 34.1 Å². The predicted octanol–water partition coefficient (Wildman–Crippen LogP) is 4.15. The average molecular weight is 416 g/mol. The van der Waals surface area contributed by atoms with Gasteiger partial charge in [0.15, 0.2) is 5.76 Å². The molecule has 0 N–H and O–H groups in total. The fraction of sp³-hybridized carbons (Fsp3) is 0.333. The Labute approximate surface area is 180 Å². The summed E-state index contributed by atoms with van der Waals surface area (Å²) >= 11 is 0. The van der Waals surface area contributed by atoms with Crippen LogP contribution in [-0.4, -0.2) is 53.9 Å². The van der Waals surface area contributed by atoms with E-state index >= 15 is 0 Å². The lowest BCUT2D eigenvalue weighted by Crippen LogP contribution is -2.47. The standard InChI is InChI=1S/C24H24N4O3/c1-27-10-12-28(13-11-27)24(29)22-15-20(23(31-22)16-6-8-25-9-7-16)18-2-4-19-17(14-18)3-5-21(19)26-30/h2,4,6-9,14-15,21H,3,5,10-13H2,1H3. The van der Waals surface area contributed by atoms with E-state index in [2.05, 4.69) is 28.2 Å². The minimum absolute atomic E-state index is 0.0824. The van der Waals surface area contributed by atoms with Crippen LogP contribution >= 0.6 is 0 Å². The molecular weight excluding hydrogens is 392 g/mol. The first-order valence-electron chi connectivity index (χ1n) is 10.6. The smallest absolute Gasteiger partial charge is 0.289 e. The summed E-state index contributed by atoms with van der Waals surface area (Å²) in [5, 5.41) is 3.25. The summed E-state index contributed by atoms with van der Waals surface area (Å²) in [5.74, 6) is 0.920. The molecule has 0 saturated carbocycles. The van der Waals surface area contributed by atoms with E-state index in [1.165, 1.54) is 0 Å². The van der Waals surface area contributed by atoms with Gasteiger partial charge in [0.1, 0.15) is 11.8 Å². The van der Waals surface area contributed by atoms with Gasteiger partial charge >= 0.3 is 0 Å². The average Bonchev–Trinajstić information content (AvgIpc) is 3.44. The number of piperazine rings is 1. The number of benzene rings is 1. The molecule has 1 unspecified atom stereocenters. The van der Waals surface area contributed by atoms with E-state index in [4.69, 9.17) is 4.42 Å². The number of carbonyl (C=O) groups excluding carboxylic acids is 1. The van der Waals surface area contributed by atoms with Crippen molar-refractivity contribution in [1.82, 2.24) is 14.8 Å². The number of nitrogens with zero attached hydrogens (tertiary/aromatic N) is 4. The zero-order valence-corrected chi connectivity index (χ0v) is 17.5. The van der Waals surface area contributed by atoms with E-state index in [-0.39, 0.29) is 11.9 Å². The van der Waals surface area contributed by atoms with Gasteiger partial charge < -0.3 is 14.2 Å².